The van der Waals surface area contributed by atoms with Crippen LogP contribution < -0.4 is 4.90 Å². The van der Waals surface area contributed by atoms with Gasteiger partial charge in [-0.3, -0.25) is 0 Å². The highest BCUT2D eigenvalue weighted by molar-refractivity contribution is 6.30. The summed E-state index contributed by atoms with van der Waals surface area (Å²) < 4.78 is 0. The number of aryl methyl sites for hydroxylation is 1. The zero-order valence-electron chi connectivity index (χ0n) is 11.0. The fourth-order valence-electron chi connectivity index (χ4n) is 2.41. The van der Waals surface area contributed by atoms with Crippen LogP contribution in [0.15, 0.2) is 0 Å². The minimum atomic E-state index is 0.584. The Morgan fingerprint density at radius 3 is 2.59 bits per heavy atom. The Labute approximate surface area is 108 Å². The van der Waals surface area contributed by atoms with Gasteiger partial charge in [-0.15, -0.1) is 0 Å². The van der Waals surface area contributed by atoms with Gasteiger partial charge in [0.1, 0.15) is 16.8 Å². The lowest BCUT2D eigenvalue weighted by atomic mass is 9.95. The molecule has 1 saturated heterocycles. The maximum Gasteiger partial charge on any atom is 0.137 e. The summed E-state index contributed by atoms with van der Waals surface area (Å²) in [6, 6.07) is 0. The van der Waals surface area contributed by atoms with Gasteiger partial charge in [-0.2, -0.15) is 0 Å². The molecule has 94 valence electrons. The van der Waals surface area contributed by atoms with Gasteiger partial charge in [0.2, 0.25) is 0 Å². The van der Waals surface area contributed by atoms with Crippen molar-refractivity contribution in [2.24, 2.45) is 11.8 Å². The minimum Gasteiger partial charge on any atom is -0.356 e. The molecular formula is C13H20ClN3. The lowest BCUT2D eigenvalue weighted by Crippen LogP contribution is -2.23. The third-order valence-electron chi connectivity index (χ3n) is 3.64. The Bertz CT molecular complexity index is 417. The summed E-state index contributed by atoms with van der Waals surface area (Å²) >= 11 is 6.12. The van der Waals surface area contributed by atoms with Crippen molar-refractivity contribution in [3.63, 3.8) is 0 Å². The molecule has 4 heteroatoms. The molecule has 0 saturated carbocycles. The summed E-state index contributed by atoms with van der Waals surface area (Å²) in [5.41, 5.74) is 1.00. The number of halogens is 1. The van der Waals surface area contributed by atoms with E-state index < -0.39 is 0 Å². The average Bonchev–Trinajstić information content (AvgIpc) is 2.72. The zero-order valence-corrected chi connectivity index (χ0v) is 11.8. The molecule has 0 bridgehead atoms. The Hall–Kier alpha value is -0.830. The zero-order chi connectivity index (χ0) is 12.6. The molecule has 1 aromatic heterocycles. The summed E-state index contributed by atoms with van der Waals surface area (Å²) in [4.78, 5) is 11.1. The molecule has 1 aliphatic rings. The summed E-state index contributed by atoms with van der Waals surface area (Å²) in [5, 5.41) is 0.584. The van der Waals surface area contributed by atoms with E-state index in [1.807, 2.05) is 13.8 Å². The standard InChI is InChI=1S/C13H20ClN3/c1-8(2)11-5-6-17(7-11)13-9(3)12(14)15-10(4)16-13/h8,11H,5-7H2,1-4H3. The van der Waals surface area contributed by atoms with Gasteiger partial charge in [-0.25, -0.2) is 9.97 Å². The second-order valence-corrected chi connectivity index (χ2v) is 5.61. The van der Waals surface area contributed by atoms with Gasteiger partial charge in [0, 0.05) is 18.7 Å². The third-order valence-corrected chi connectivity index (χ3v) is 4.01. The Kier molecular flexibility index (Phi) is 3.57. The Morgan fingerprint density at radius 1 is 1.29 bits per heavy atom. The van der Waals surface area contributed by atoms with Crippen molar-refractivity contribution < 1.29 is 0 Å². The Morgan fingerprint density at radius 2 is 2.00 bits per heavy atom. The maximum absolute atomic E-state index is 6.12. The van der Waals surface area contributed by atoms with Crippen LogP contribution >= 0.6 is 11.6 Å². The normalized spacial score (nSPS) is 20.4. The highest BCUT2D eigenvalue weighted by Gasteiger charge is 2.27. The second-order valence-electron chi connectivity index (χ2n) is 5.25. The molecule has 1 unspecified atom stereocenters. The minimum absolute atomic E-state index is 0.584. The van der Waals surface area contributed by atoms with Gasteiger partial charge in [-0.1, -0.05) is 25.4 Å². The van der Waals surface area contributed by atoms with E-state index in [-0.39, 0.29) is 0 Å². The topological polar surface area (TPSA) is 29.0 Å². The molecule has 17 heavy (non-hydrogen) atoms. The van der Waals surface area contributed by atoms with Crippen molar-refractivity contribution in [1.29, 1.82) is 0 Å². The summed E-state index contributed by atoms with van der Waals surface area (Å²) in [6.07, 6.45) is 1.25. The van der Waals surface area contributed by atoms with Crippen molar-refractivity contribution in [3.05, 3.63) is 16.5 Å². The number of nitrogens with zero attached hydrogens (tertiary/aromatic N) is 3. The smallest absolute Gasteiger partial charge is 0.137 e. The fraction of sp³-hybridized carbons (Fsp3) is 0.692. The highest BCUT2D eigenvalue weighted by atomic mass is 35.5. The lowest BCUT2D eigenvalue weighted by Gasteiger charge is -2.21. The van der Waals surface area contributed by atoms with E-state index in [9.17, 15) is 0 Å². The molecule has 2 heterocycles. The van der Waals surface area contributed by atoms with Crippen LogP contribution in [0.1, 0.15) is 31.7 Å². The first-order valence-electron chi connectivity index (χ1n) is 6.24. The molecule has 1 atom stereocenters. The molecule has 1 aromatic rings. The number of hydrogen-bond acceptors (Lipinski definition) is 3. The predicted octanol–water partition coefficient (Wildman–Crippen LogP) is 3.23. The van der Waals surface area contributed by atoms with Crippen LogP contribution in [0, 0.1) is 25.7 Å². The molecule has 0 spiro atoms. The molecule has 0 aromatic carbocycles. The monoisotopic (exact) mass is 253 g/mol. The van der Waals surface area contributed by atoms with Gasteiger partial charge in [0.25, 0.3) is 0 Å². The van der Waals surface area contributed by atoms with E-state index in [0.29, 0.717) is 5.15 Å². The molecule has 1 fully saturated rings. The van der Waals surface area contributed by atoms with Crippen LogP contribution in [-0.4, -0.2) is 23.1 Å². The van der Waals surface area contributed by atoms with Crippen molar-refractivity contribution >= 4 is 17.4 Å². The van der Waals surface area contributed by atoms with E-state index in [1.54, 1.807) is 0 Å². The van der Waals surface area contributed by atoms with E-state index in [4.69, 9.17) is 11.6 Å². The number of hydrogen-bond donors (Lipinski definition) is 0. The van der Waals surface area contributed by atoms with Crippen LogP contribution in [0.4, 0.5) is 5.82 Å². The lowest BCUT2D eigenvalue weighted by molar-refractivity contribution is 0.422. The highest BCUT2D eigenvalue weighted by Crippen LogP contribution is 2.30. The summed E-state index contributed by atoms with van der Waals surface area (Å²) in [6.45, 7) is 10.6. The number of aromatic nitrogens is 2. The van der Waals surface area contributed by atoms with Crippen LogP contribution in [-0.2, 0) is 0 Å². The summed E-state index contributed by atoms with van der Waals surface area (Å²) in [7, 11) is 0. The average molecular weight is 254 g/mol. The SMILES string of the molecule is Cc1nc(Cl)c(C)c(N2CCC(C(C)C)C2)n1. The quantitative estimate of drug-likeness (QED) is 0.758. The first-order valence-corrected chi connectivity index (χ1v) is 6.62. The second kappa shape index (κ2) is 4.81. The summed E-state index contributed by atoms with van der Waals surface area (Å²) in [5.74, 6) is 3.27. The van der Waals surface area contributed by atoms with Crippen molar-refractivity contribution in [2.75, 3.05) is 18.0 Å². The van der Waals surface area contributed by atoms with Crippen molar-refractivity contribution in [1.82, 2.24) is 9.97 Å². The van der Waals surface area contributed by atoms with Gasteiger partial charge in [0.05, 0.1) is 0 Å². The van der Waals surface area contributed by atoms with Gasteiger partial charge >= 0.3 is 0 Å². The van der Waals surface area contributed by atoms with Gasteiger partial charge in [0.15, 0.2) is 0 Å². The van der Waals surface area contributed by atoms with Crippen LogP contribution in [0.5, 0.6) is 0 Å². The predicted molar refractivity (Wildman–Crippen MR) is 71.7 cm³/mol. The van der Waals surface area contributed by atoms with Crippen LogP contribution in [0.25, 0.3) is 0 Å². The Balaban J connectivity index is 2.24. The number of anilines is 1. The van der Waals surface area contributed by atoms with E-state index in [0.717, 1.165) is 42.1 Å². The first kappa shape index (κ1) is 12.6. The molecule has 0 aliphatic carbocycles. The van der Waals surface area contributed by atoms with E-state index in [1.165, 1.54) is 6.42 Å². The number of rotatable bonds is 2. The molecular weight excluding hydrogens is 234 g/mol. The first-order chi connectivity index (χ1) is 7.99. The third kappa shape index (κ3) is 2.54. The van der Waals surface area contributed by atoms with E-state index >= 15 is 0 Å². The van der Waals surface area contributed by atoms with Crippen molar-refractivity contribution in [3.8, 4) is 0 Å². The van der Waals surface area contributed by atoms with Crippen molar-refractivity contribution in [2.45, 2.75) is 34.1 Å². The van der Waals surface area contributed by atoms with Gasteiger partial charge in [-0.05, 0) is 32.1 Å². The molecule has 2 rings (SSSR count). The molecule has 0 amide bonds. The molecule has 0 N–H and O–H groups in total. The molecule has 1 aliphatic heterocycles. The van der Waals surface area contributed by atoms with E-state index in [2.05, 4.69) is 28.7 Å². The fourth-order valence-corrected chi connectivity index (χ4v) is 2.62. The molecule has 3 nitrogen and oxygen atoms in total. The van der Waals surface area contributed by atoms with Gasteiger partial charge < -0.3 is 4.90 Å². The van der Waals surface area contributed by atoms with Crippen LogP contribution in [0.3, 0.4) is 0 Å². The molecule has 0 radical (unpaired) electrons. The largest absolute Gasteiger partial charge is 0.356 e. The maximum atomic E-state index is 6.12. The van der Waals surface area contributed by atoms with Crippen LogP contribution in [0.2, 0.25) is 5.15 Å².